The third kappa shape index (κ3) is 4.16. The number of rotatable bonds is 7. The summed E-state index contributed by atoms with van der Waals surface area (Å²) in [6, 6.07) is 4.15. The molecule has 1 aromatic heterocycles. The van der Waals surface area contributed by atoms with Gasteiger partial charge in [-0.25, -0.2) is 20.2 Å². The molecule has 0 radical (unpaired) electrons. The highest BCUT2D eigenvalue weighted by molar-refractivity contribution is 6.33. The van der Waals surface area contributed by atoms with Crippen molar-refractivity contribution in [1.29, 1.82) is 0 Å². The number of carbonyl (C=O) groups is 2. The second-order valence-electron chi connectivity index (χ2n) is 6.77. The number of hydrogen-bond acceptors (Lipinski definition) is 8. The third-order valence-corrected chi connectivity index (χ3v) is 5.08. The first-order chi connectivity index (χ1) is 15.0. The first-order valence-corrected chi connectivity index (χ1v) is 9.59. The molecule has 31 heavy (non-hydrogen) atoms. The zero-order chi connectivity index (χ0) is 22.0. The number of aliphatic carboxylic acids is 1. The summed E-state index contributed by atoms with van der Waals surface area (Å²) in [7, 11) is 1.40. The van der Waals surface area contributed by atoms with Crippen LogP contribution in [0.3, 0.4) is 0 Å². The number of carboxylic acids is 1. The first-order valence-electron chi connectivity index (χ1n) is 9.21. The molecule has 160 valence electrons. The lowest BCUT2D eigenvalue weighted by Crippen LogP contribution is -2.44. The van der Waals surface area contributed by atoms with Crippen LogP contribution in [-0.4, -0.2) is 51.6 Å². The Morgan fingerprint density at radius 2 is 2.32 bits per heavy atom. The summed E-state index contributed by atoms with van der Waals surface area (Å²) in [4.78, 5) is 39.3. The quantitative estimate of drug-likeness (QED) is 0.590. The third-order valence-electron chi connectivity index (χ3n) is 4.80. The number of nitrogens with one attached hydrogen (secondary N) is 2. The van der Waals surface area contributed by atoms with Gasteiger partial charge in [-0.2, -0.15) is 0 Å². The molecule has 4 rings (SSSR count). The predicted molar refractivity (Wildman–Crippen MR) is 111 cm³/mol. The summed E-state index contributed by atoms with van der Waals surface area (Å²) < 4.78 is 4.97. The summed E-state index contributed by atoms with van der Waals surface area (Å²) in [6.45, 7) is 0.0908. The highest BCUT2D eigenvalue weighted by atomic mass is 35.5. The van der Waals surface area contributed by atoms with Crippen LogP contribution in [0.15, 0.2) is 48.6 Å². The van der Waals surface area contributed by atoms with Crippen molar-refractivity contribution in [2.45, 2.75) is 12.6 Å². The Balaban J connectivity index is 1.63. The van der Waals surface area contributed by atoms with Gasteiger partial charge in [-0.1, -0.05) is 23.7 Å². The fourth-order valence-corrected chi connectivity index (χ4v) is 3.50. The number of amides is 1. The normalized spacial score (nSPS) is 15.6. The molecule has 2 aliphatic heterocycles. The summed E-state index contributed by atoms with van der Waals surface area (Å²) in [5.41, 5.74) is 5.44. The van der Waals surface area contributed by atoms with Gasteiger partial charge in [0.05, 0.1) is 35.4 Å². The minimum atomic E-state index is -1.12. The van der Waals surface area contributed by atoms with Crippen molar-refractivity contribution in [3.05, 3.63) is 64.8 Å². The lowest BCUT2D eigenvalue weighted by molar-refractivity contribution is -0.144. The van der Waals surface area contributed by atoms with Crippen molar-refractivity contribution in [3.8, 4) is 11.3 Å². The smallest absolute Gasteiger partial charge is 0.328 e. The maximum Gasteiger partial charge on any atom is 0.328 e. The monoisotopic (exact) mass is 443 g/mol. The lowest BCUT2D eigenvalue weighted by Gasteiger charge is -2.23. The zero-order valence-corrected chi connectivity index (χ0v) is 17.1. The van der Waals surface area contributed by atoms with E-state index in [1.54, 1.807) is 30.5 Å². The molecule has 2 aliphatic rings. The van der Waals surface area contributed by atoms with Crippen LogP contribution in [0.1, 0.15) is 15.9 Å². The SMILES string of the molecule is COCC(C(=O)O)N1Cc2ccc(-c3nc(NC4=CNOC=C4)ncc3Cl)cc2C1=O. The minimum Gasteiger partial charge on any atom is -0.480 e. The number of fused-ring (bicyclic) bond motifs is 1. The van der Waals surface area contributed by atoms with E-state index < -0.39 is 12.0 Å². The molecule has 3 N–H and O–H groups in total. The molecule has 11 heteroatoms. The minimum absolute atomic E-state index is 0.0983. The number of carboxylic acid groups (broad SMARTS) is 1. The highest BCUT2D eigenvalue weighted by Crippen LogP contribution is 2.32. The Labute approximate surface area is 182 Å². The Kier molecular flexibility index (Phi) is 5.74. The molecule has 0 spiro atoms. The molecule has 2 aromatic rings. The molecule has 0 saturated carbocycles. The second kappa shape index (κ2) is 8.62. The largest absolute Gasteiger partial charge is 0.480 e. The maximum atomic E-state index is 12.9. The maximum absolute atomic E-state index is 12.9. The summed E-state index contributed by atoms with van der Waals surface area (Å²) >= 11 is 6.32. The zero-order valence-electron chi connectivity index (χ0n) is 16.3. The number of carbonyl (C=O) groups excluding carboxylic acids is 1. The van der Waals surface area contributed by atoms with E-state index in [0.29, 0.717) is 33.5 Å². The summed E-state index contributed by atoms with van der Waals surface area (Å²) in [5.74, 6) is -1.20. The number of aromatic nitrogens is 2. The molecule has 0 bridgehead atoms. The van der Waals surface area contributed by atoms with Crippen LogP contribution in [0.4, 0.5) is 5.95 Å². The Morgan fingerprint density at radius 1 is 1.48 bits per heavy atom. The molecule has 1 amide bonds. The van der Waals surface area contributed by atoms with E-state index >= 15 is 0 Å². The number of nitrogens with zero attached hydrogens (tertiary/aromatic N) is 3. The molecule has 0 aliphatic carbocycles. The number of anilines is 1. The molecule has 1 aromatic carbocycles. The standard InChI is InChI=1S/C20H18ClN5O5/c1-30-10-16(19(28)29)26-9-12-3-2-11(6-14(12)18(26)27)17-15(21)8-22-20(25-17)24-13-4-5-31-23-7-13/h2-8,16,23H,9-10H2,1H3,(H,28,29)(H,22,24,25). The van der Waals surface area contributed by atoms with Crippen molar-refractivity contribution in [2.24, 2.45) is 0 Å². The predicted octanol–water partition coefficient (Wildman–Crippen LogP) is 2.15. The van der Waals surface area contributed by atoms with Crippen LogP contribution in [-0.2, 0) is 20.9 Å². The molecule has 0 saturated heterocycles. The Hall–Kier alpha value is -3.63. The van der Waals surface area contributed by atoms with E-state index in [4.69, 9.17) is 21.2 Å². The van der Waals surface area contributed by atoms with Crippen LogP contribution in [0.25, 0.3) is 11.3 Å². The second-order valence-corrected chi connectivity index (χ2v) is 7.17. The van der Waals surface area contributed by atoms with Crippen molar-refractivity contribution in [1.82, 2.24) is 20.3 Å². The summed E-state index contributed by atoms with van der Waals surface area (Å²) in [5, 5.41) is 12.8. The van der Waals surface area contributed by atoms with E-state index in [1.165, 1.54) is 24.5 Å². The molecule has 1 atom stereocenters. The van der Waals surface area contributed by atoms with Gasteiger partial charge in [-0.15, -0.1) is 0 Å². The van der Waals surface area contributed by atoms with Gasteiger partial charge in [-0.05, 0) is 11.6 Å². The lowest BCUT2D eigenvalue weighted by atomic mass is 10.0. The van der Waals surface area contributed by atoms with Crippen LogP contribution >= 0.6 is 11.6 Å². The van der Waals surface area contributed by atoms with Gasteiger partial charge in [-0.3, -0.25) is 4.79 Å². The van der Waals surface area contributed by atoms with Crippen molar-refractivity contribution in [2.75, 3.05) is 19.0 Å². The van der Waals surface area contributed by atoms with E-state index in [1.807, 2.05) is 0 Å². The first kappa shape index (κ1) is 20.6. The van der Waals surface area contributed by atoms with Gasteiger partial charge in [0.1, 0.15) is 6.26 Å². The Morgan fingerprint density at radius 3 is 3.03 bits per heavy atom. The number of hydrogen-bond donors (Lipinski definition) is 3. The van der Waals surface area contributed by atoms with Crippen LogP contribution in [0.5, 0.6) is 0 Å². The van der Waals surface area contributed by atoms with Crippen molar-refractivity contribution >= 4 is 29.4 Å². The van der Waals surface area contributed by atoms with E-state index in [0.717, 1.165) is 5.56 Å². The number of hydroxylamine groups is 1. The summed E-state index contributed by atoms with van der Waals surface area (Å²) in [6.07, 6.45) is 6.21. The number of methoxy groups -OCH3 is 1. The van der Waals surface area contributed by atoms with Crippen LogP contribution < -0.4 is 10.8 Å². The van der Waals surface area contributed by atoms with Crippen molar-refractivity contribution < 1.29 is 24.3 Å². The molecule has 0 fully saturated rings. The molecular formula is C20H18ClN5O5. The van der Waals surface area contributed by atoms with Gasteiger partial charge in [0.2, 0.25) is 5.95 Å². The molecule has 3 heterocycles. The van der Waals surface area contributed by atoms with Crippen molar-refractivity contribution in [3.63, 3.8) is 0 Å². The fourth-order valence-electron chi connectivity index (χ4n) is 3.30. The molecule has 10 nitrogen and oxygen atoms in total. The van der Waals surface area contributed by atoms with Gasteiger partial charge in [0, 0.05) is 30.9 Å². The van der Waals surface area contributed by atoms with E-state index in [-0.39, 0.29) is 19.1 Å². The van der Waals surface area contributed by atoms with Crippen LogP contribution in [0, 0.1) is 0 Å². The number of allylic oxidation sites excluding steroid dienone is 1. The molecule has 1 unspecified atom stereocenters. The highest BCUT2D eigenvalue weighted by Gasteiger charge is 2.36. The number of benzene rings is 1. The van der Waals surface area contributed by atoms with Gasteiger partial charge in [0.15, 0.2) is 6.04 Å². The number of ether oxygens (including phenoxy) is 1. The Bertz CT molecular complexity index is 1100. The fraction of sp³-hybridized carbons (Fsp3) is 0.200. The van der Waals surface area contributed by atoms with Gasteiger partial charge in [0.25, 0.3) is 5.91 Å². The average molecular weight is 444 g/mol. The number of halogens is 1. The topological polar surface area (TPSA) is 126 Å². The molecular weight excluding hydrogens is 426 g/mol. The van der Waals surface area contributed by atoms with E-state index in [9.17, 15) is 14.7 Å². The van der Waals surface area contributed by atoms with Gasteiger partial charge >= 0.3 is 5.97 Å². The van der Waals surface area contributed by atoms with Crippen LogP contribution in [0.2, 0.25) is 5.02 Å². The van der Waals surface area contributed by atoms with E-state index in [2.05, 4.69) is 20.8 Å². The average Bonchev–Trinajstić information content (AvgIpc) is 3.09. The van der Waals surface area contributed by atoms with Gasteiger partial charge < -0.3 is 24.9 Å².